The van der Waals surface area contributed by atoms with Crippen LogP contribution in [0.3, 0.4) is 0 Å². The largest absolute Gasteiger partial charge is 0.491 e. The molecule has 1 aromatic carbocycles. The molecule has 3 nitrogen and oxygen atoms in total. The number of unbranched alkanes of at least 4 members (excludes halogenated alkanes) is 3. The van der Waals surface area contributed by atoms with Crippen molar-refractivity contribution in [1.29, 1.82) is 0 Å². The second-order valence-electron chi connectivity index (χ2n) is 8.99. The van der Waals surface area contributed by atoms with Crippen molar-refractivity contribution in [1.82, 2.24) is 4.90 Å². The van der Waals surface area contributed by atoms with Crippen molar-refractivity contribution in [3.8, 4) is 5.75 Å². The van der Waals surface area contributed by atoms with Gasteiger partial charge in [-0.25, -0.2) is 0 Å². The van der Waals surface area contributed by atoms with Crippen molar-refractivity contribution < 1.29 is 9.53 Å². The number of aryl methyl sites for hydroxylation is 2. The Hall–Kier alpha value is -2.55. The lowest BCUT2D eigenvalue weighted by Crippen LogP contribution is -2.40. The van der Waals surface area contributed by atoms with Crippen molar-refractivity contribution >= 4 is 5.91 Å². The summed E-state index contributed by atoms with van der Waals surface area (Å²) in [7, 11) is 0. The number of rotatable bonds is 7. The van der Waals surface area contributed by atoms with Gasteiger partial charge in [0.2, 0.25) is 5.91 Å². The predicted octanol–water partition coefficient (Wildman–Crippen LogP) is 6.19. The molecule has 1 amide bonds. The highest BCUT2D eigenvalue weighted by atomic mass is 16.5. The molecule has 1 aliphatic carbocycles. The Labute approximate surface area is 187 Å². The number of nitrogens with zero attached hydrogens (tertiary/aromatic N) is 1. The molecule has 0 N–H and O–H groups in total. The fraction of sp³-hybridized carbons (Fsp3) is 0.464. The molecule has 0 saturated carbocycles. The Kier molecular flexibility index (Phi) is 6.50. The van der Waals surface area contributed by atoms with Crippen molar-refractivity contribution in [2.75, 3.05) is 13.2 Å². The predicted molar refractivity (Wildman–Crippen MR) is 127 cm³/mol. The van der Waals surface area contributed by atoms with Crippen LogP contribution in [0.4, 0.5) is 0 Å². The molecule has 2 heterocycles. The van der Waals surface area contributed by atoms with Crippen molar-refractivity contribution in [2.24, 2.45) is 0 Å². The topological polar surface area (TPSA) is 29.5 Å². The summed E-state index contributed by atoms with van der Waals surface area (Å²) in [6, 6.07) is 4.49. The Bertz CT molecular complexity index is 939. The van der Waals surface area contributed by atoms with Crippen LogP contribution in [0.25, 0.3) is 0 Å². The summed E-state index contributed by atoms with van der Waals surface area (Å²) >= 11 is 0. The molecule has 1 atom stereocenters. The maximum atomic E-state index is 14.1. The monoisotopic (exact) mass is 417 g/mol. The number of benzene rings is 1. The van der Waals surface area contributed by atoms with Crippen molar-refractivity contribution in [3.05, 3.63) is 77.6 Å². The van der Waals surface area contributed by atoms with E-state index in [1.165, 1.54) is 43.2 Å². The molecule has 1 saturated heterocycles. The molecule has 3 aliphatic rings. The molecule has 0 bridgehead atoms. The number of amides is 1. The average molecular weight is 418 g/mol. The second kappa shape index (κ2) is 9.30. The highest BCUT2D eigenvalue weighted by molar-refractivity contribution is 6.01. The molecular weight excluding hydrogens is 382 g/mol. The summed E-state index contributed by atoms with van der Waals surface area (Å²) in [5.74, 6) is 1.02. The fourth-order valence-corrected chi connectivity index (χ4v) is 5.43. The first-order chi connectivity index (χ1) is 15.2. The molecule has 1 unspecified atom stereocenters. The van der Waals surface area contributed by atoms with Gasteiger partial charge in [-0.15, -0.1) is 0 Å². The number of fused-ring (bicyclic) bond motifs is 3. The van der Waals surface area contributed by atoms with E-state index in [1.807, 2.05) is 17.1 Å². The zero-order valence-electron chi connectivity index (χ0n) is 18.9. The second-order valence-corrected chi connectivity index (χ2v) is 8.99. The lowest BCUT2D eigenvalue weighted by molar-refractivity contribution is -0.131. The maximum absolute atomic E-state index is 14.1. The number of allylic oxidation sites excluding steroid dienone is 5. The Morgan fingerprint density at radius 3 is 2.48 bits per heavy atom. The van der Waals surface area contributed by atoms with Crippen LogP contribution in [0.1, 0.15) is 68.6 Å². The Balaban J connectivity index is 1.80. The van der Waals surface area contributed by atoms with E-state index in [9.17, 15) is 4.79 Å². The first-order valence-corrected chi connectivity index (χ1v) is 11.9. The van der Waals surface area contributed by atoms with Crippen LogP contribution < -0.4 is 4.74 Å². The third kappa shape index (κ3) is 3.69. The van der Waals surface area contributed by atoms with Crippen molar-refractivity contribution in [3.63, 3.8) is 0 Å². The molecule has 31 heavy (non-hydrogen) atoms. The Morgan fingerprint density at radius 2 is 1.77 bits per heavy atom. The van der Waals surface area contributed by atoms with E-state index < -0.39 is 5.41 Å². The van der Waals surface area contributed by atoms with Gasteiger partial charge >= 0.3 is 0 Å². The van der Waals surface area contributed by atoms with Crippen LogP contribution in [0, 0.1) is 0 Å². The average Bonchev–Trinajstić information content (AvgIpc) is 3.11. The first kappa shape index (κ1) is 21.7. The molecule has 1 aromatic rings. The summed E-state index contributed by atoms with van der Waals surface area (Å²) in [6.07, 6.45) is 18.0. The van der Waals surface area contributed by atoms with Gasteiger partial charge in [-0.1, -0.05) is 70.1 Å². The van der Waals surface area contributed by atoms with Crippen LogP contribution in [-0.4, -0.2) is 24.0 Å². The minimum absolute atomic E-state index is 0.137. The molecule has 2 aliphatic heterocycles. The zero-order chi connectivity index (χ0) is 21.8. The van der Waals surface area contributed by atoms with Crippen LogP contribution in [-0.2, 0) is 23.1 Å². The van der Waals surface area contributed by atoms with E-state index in [-0.39, 0.29) is 5.91 Å². The van der Waals surface area contributed by atoms with Gasteiger partial charge in [0.1, 0.15) is 17.8 Å². The van der Waals surface area contributed by atoms with Crippen molar-refractivity contribution in [2.45, 2.75) is 70.1 Å². The van der Waals surface area contributed by atoms with Gasteiger partial charge < -0.3 is 9.64 Å². The molecule has 4 rings (SSSR count). The van der Waals surface area contributed by atoms with Gasteiger partial charge in [0.25, 0.3) is 0 Å². The number of likely N-dealkylation sites (tertiary alicyclic amines) is 1. The van der Waals surface area contributed by atoms with Gasteiger partial charge in [0.05, 0.1) is 0 Å². The third-order valence-electron chi connectivity index (χ3n) is 7.03. The SMILES string of the molecule is C=C/C=C1\C(=C/C=C)N(CCCCCC)C(=O)C12COc1cc3c(cc12)CCCCC3. The summed E-state index contributed by atoms with van der Waals surface area (Å²) in [5, 5.41) is 0. The fourth-order valence-electron chi connectivity index (χ4n) is 5.43. The molecule has 0 radical (unpaired) electrons. The highest BCUT2D eigenvalue weighted by Gasteiger charge is 2.58. The number of carbonyl (C=O) groups excluding carboxylic acids is 1. The van der Waals surface area contributed by atoms with E-state index in [4.69, 9.17) is 4.74 Å². The molecule has 164 valence electrons. The van der Waals surface area contributed by atoms with Crippen LogP contribution in [0.5, 0.6) is 5.75 Å². The molecule has 1 fully saturated rings. The molecule has 1 spiro atoms. The van der Waals surface area contributed by atoms with Crippen LogP contribution >= 0.6 is 0 Å². The summed E-state index contributed by atoms with van der Waals surface area (Å²) in [5.41, 5.74) is 4.99. The quantitative estimate of drug-likeness (QED) is 0.391. The number of carbonyl (C=O) groups is 1. The maximum Gasteiger partial charge on any atom is 0.245 e. The zero-order valence-corrected chi connectivity index (χ0v) is 18.9. The summed E-state index contributed by atoms with van der Waals surface area (Å²) in [6.45, 7) is 11.2. The van der Waals surface area contributed by atoms with Crippen LogP contribution in [0.15, 0.2) is 60.9 Å². The standard InChI is InChI=1S/C28H35NO2/c1-4-7-8-12-17-29-25(14-6-3)23(13-5-2)28(27(29)30)20-31-26-19-22-16-11-9-10-15-21(22)18-24(26)28/h5-6,13-14,18-19H,2-4,7-12,15-17,20H2,1H3/b23-13+,25-14+. The van der Waals surface area contributed by atoms with E-state index >= 15 is 0 Å². The molecular formula is C28H35NO2. The first-order valence-electron chi connectivity index (χ1n) is 11.9. The number of hydrogen-bond acceptors (Lipinski definition) is 2. The van der Waals surface area contributed by atoms with Gasteiger partial charge in [-0.05, 0) is 60.9 Å². The summed E-state index contributed by atoms with van der Waals surface area (Å²) in [4.78, 5) is 16.0. The smallest absolute Gasteiger partial charge is 0.245 e. The Morgan fingerprint density at radius 1 is 1.03 bits per heavy atom. The number of ether oxygens (including phenoxy) is 1. The van der Waals surface area contributed by atoms with Gasteiger partial charge in [0, 0.05) is 17.8 Å². The van der Waals surface area contributed by atoms with E-state index in [2.05, 4.69) is 32.2 Å². The van der Waals surface area contributed by atoms with Gasteiger partial charge in [-0.3, -0.25) is 4.79 Å². The normalized spacial score (nSPS) is 24.9. The lowest BCUT2D eigenvalue weighted by atomic mass is 9.75. The minimum Gasteiger partial charge on any atom is -0.491 e. The molecule has 3 heteroatoms. The highest BCUT2D eigenvalue weighted by Crippen LogP contribution is 2.53. The van der Waals surface area contributed by atoms with Gasteiger partial charge in [-0.2, -0.15) is 0 Å². The third-order valence-corrected chi connectivity index (χ3v) is 7.03. The van der Waals surface area contributed by atoms with Gasteiger partial charge in [0.15, 0.2) is 0 Å². The summed E-state index contributed by atoms with van der Waals surface area (Å²) < 4.78 is 6.23. The lowest BCUT2D eigenvalue weighted by Gasteiger charge is -2.23. The van der Waals surface area contributed by atoms with E-state index in [0.717, 1.165) is 54.8 Å². The van der Waals surface area contributed by atoms with E-state index in [1.54, 1.807) is 12.2 Å². The minimum atomic E-state index is -0.773. The molecule has 0 aromatic heterocycles. The number of hydrogen-bond donors (Lipinski definition) is 0. The van der Waals surface area contributed by atoms with E-state index in [0.29, 0.717) is 6.61 Å². The van der Waals surface area contributed by atoms with Crippen LogP contribution in [0.2, 0.25) is 0 Å².